The van der Waals surface area contributed by atoms with Crippen molar-refractivity contribution in [1.29, 1.82) is 0 Å². The lowest BCUT2D eigenvalue weighted by molar-refractivity contribution is -0.122. The fraction of sp³-hybridized carbons (Fsp3) is 0.630. The van der Waals surface area contributed by atoms with Crippen molar-refractivity contribution in [1.82, 2.24) is 5.32 Å². The van der Waals surface area contributed by atoms with Gasteiger partial charge in [0.05, 0.1) is 6.61 Å². The maximum atomic E-state index is 13.0. The Morgan fingerprint density at radius 2 is 1.88 bits per heavy atom. The summed E-state index contributed by atoms with van der Waals surface area (Å²) >= 11 is 0. The normalized spacial score (nSPS) is 39.1. The minimum absolute atomic E-state index is 0.0513. The Balaban J connectivity index is 1.19. The monoisotopic (exact) mass is 455 g/mol. The summed E-state index contributed by atoms with van der Waals surface area (Å²) in [5, 5.41) is 3.22. The van der Waals surface area contributed by atoms with Crippen molar-refractivity contribution in [3.8, 4) is 5.75 Å². The average molecular weight is 456 g/mol. The van der Waals surface area contributed by atoms with Gasteiger partial charge in [-0.1, -0.05) is 19.9 Å². The third-order valence-corrected chi connectivity index (χ3v) is 9.58. The molecule has 4 unspecified atom stereocenters. The molecule has 0 saturated heterocycles. The van der Waals surface area contributed by atoms with Crippen molar-refractivity contribution in [3.63, 3.8) is 0 Å². The molecule has 1 heterocycles. The molecule has 5 rings (SSSR count). The standard InChI is InChI=1S/C27H34FNO4/c1-26-14-11-22-20(8-10-23-27(22,2)15-12-24(30)29-23)21(26)9-3-17(26)13-16-32-25(31)33-19-6-4-18(28)5-7-19/h4-7,12,15,17,20-23H,3,8-11,13-14,16H2,1-2H3,(H,29,30)/t17-,20?,21?,22?,23?,26-,27-/m1/s1. The molecule has 3 aliphatic carbocycles. The fourth-order valence-corrected chi connectivity index (χ4v) is 7.83. The predicted molar refractivity (Wildman–Crippen MR) is 122 cm³/mol. The summed E-state index contributed by atoms with van der Waals surface area (Å²) in [6.45, 7) is 5.14. The molecule has 3 fully saturated rings. The molecule has 1 aromatic rings. The molecule has 3 saturated carbocycles. The molecule has 1 aromatic carbocycles. The zero-order valence-corrected chi connectivity index (χ0v) is 19.5. The Morgan fingerprint density at radius 3 is 2.67 bits per heavy atom. The third kappa shape index (κ3) is 3.95. The maximum Gasteiger partial charge on any atom is 0.513 e. The number of carbonyl (C=O) groups excluding carboxylic acids is 2. The van der Waals surface area contributed by atoms with E-state index in [2.05, 4.69) is 25.2 Å². The first-order valence-electron chi connectivity index (χ1n) is 12.4. The molecule has 4 aliphatic rings. The number of benzene rings is 1. The molecule has 33 heavy (non-hydrogen) atoms. The molecule has 0 radical (unpaired) electrons. The van der Waals surface area contributed by atoms with Gasteiger partial charge in [0.15, 0.2) is 0 Å². The molecule has 6 heteroatoms. The van der Waals surface area contributed by atoms with Crippen molar-refractivity contribution in [3.05, 3.63) is 42.2 Å². The van der Waals surface area contributed by atoms with Gasteiger partial charge in [0.1, 0.15) is 11.6 Å². The second kappa shape index (κ2) is 8.44. The van der Waals surface area contributed by atoms with Gasteiger partial charge in [-0.05, 0) is 104 Å². The van der Waals surface area contributed by atoms with Crippen LogP contribution in [-0.2, 0) is 9.53 Å². The topological polar surface area (TPSA) is 64.6 Å². The summed E-state index contributed by atoms with van der Waals surface area (Å²) in [4.78, 5) is 23.9. The molecule has 5 nitrogen and oxygen atoms in total. The van der Waals surface area contributed by atoms with E-state index in [0.717, 1.165) is 12.8 Å². The Kier molecular flexibility index (Phi) is 5.74. The van der Waals surface area contributed by atoms with E-state index in [0.29, 0.717) is 30.3 Å². The van der Waals surface area contributed by atoms with Crippen molar-refractivity contribution in [2.45, 2.75) is 64.8 Å². The number of fused-ring (bicyclic) bond motifs is 5. The number of halogens is 1. The van der Waals surface area contributed by atoms with Crippen LogP contribution >= 0.6 is 0 Å². The largest absolute Gasteiger partial charge is 0.513 e. The van der Waals surface area contributed by atoms with Crippen LogP contribution in [0.5, 0.6) is 5.75 Å². The quantitative estimate of drug-likeness (QED) is 0.471. The summed E-state index contributed by atoms with van der Waals surface area (Å²) in [5.74, 6) is 2.50. The molecule has 7 atom stereocenters. The van der Waals surface area contributed by atoms with E-state index in [4.69, 9.17) is 9.47 Å². The predicted octanol–water partition coefficient (Wildman–Crippen LogP) is 5.64. The number of carbonyl (C=O) groups is 2. The molecular formula is C27H34FNO4. The number of ether oxygens (including phenoxy) is 2. The maximum absolute atomic E-state index is 13.0. The van der Waals surface area contributed by atoms with E-state index >= 15 is 0 Å². The lowest BCUT2D eigenvalue weighted by Crippen LogP contribution is -2.59. The van der Waals surface area contributed by atoms with Crippen LogP contribution < -0.4 is 10.1 Å². The van der Waals surface area contributed by atoms with Gasteiger partial charge in [-0.3, -0.25) is 4.79 Å². The molecule has 178 valence electrons. The summed E-state index contributed by atoms with van der Waals surface area (Å²) in [7, 11) is 0. The molecule has 1 aliphatic heterocycles. The highest BCUT2D eigenvalue weighted by Gasteiger charge is 2.59. The van der Waals surface area contributed by atoms with E-state index in [1.165, 1.54) is 56.4 Å². The summed E-state index contributed by atoms with van der Waals surface area (Å²) in [5.41, 5.74) is 0.333. The Bertz CT molecular complexity index is 946. The summed E-state index contributed by atoms with van der Waals surface area (Å²) in [6, 6.07) is 5.60. The Morgan fingerprint density at radius 1 is 1.09 bits per heavy atom. The summed E-state index contributed by atoms with van der Waals surface area (Å²) in [6.07, 6.45) is 11.1. The molecule has 1 amide bonds. The van der Waals surface area contributed by atoms with Crippen LogP contribution in [0.15, 0.2) is 36.4 Å². The van der Waals surface area contributed by atoms with Crippen molar-refractivity contribution >= 4 is 12.1 Å². The SMILES string of the molecule is C[C@]12C=CC(=O)NC1CCC1C2CC[C@@]2(C)C1CC[C@@H]2CCOC(=O)Oc1ccc(F)cc1. The third-order valence-electron chi connectivity index (χ3n) is 9.58. The highest BCUT2D eigenvalue weighted by atomic mass is 19.1. The minimum atomic E-state index is -0.734. The zero-order chi connectivity index (χ0) is 23.2. The summed E-state index contributed by atoms with van der Waals surface area (Å²) < 4.78 is 23.5. The van der Waals surface area contributed by atoms with Crippen molar-refractivity contribution < 1.29 is 23.5 Å². The minimum Gasteiger partial charge on any atom is -0.434 e. The highest BCUT2D eigenvalue weighted by molar-refractivity contribution is 5.89. The Labute approximate surface area is 195 Å². The lowest BCUT2D eigenvalue weighted by atomic mass is 9.48. The molecule has 1 N–H and O–H groups in total. The van der Waals surface area contributed by atoms with E-state index in [1.807, 2.05) is 0 Å². The van der Waals surface area contributed by atoms with Gasteiger partial charge in [-0.15, -0.1) is 0 Å². The van der Waals surface area contributed by atoms with E-state index < -0.39 is 6.16 Å². The van der Waals surface area contributed by atoms with Gasteiger partial charge in [0.25, 0.3) is 0 Å². The molecule has 0 bridgehead atoms. The van der Waals surface area contributed by atoms with Crippen LogP contribution in [0.3, 0.4) is 0 Å². The van der Waals surface area contributed by atoms with Crippen LogP contribution in [0.25, 0.3) is 0 Å². The Hall–Kier alpha value is -2.37. The van der Waals surface area contributed by atoms with Crippen LogP contribution in [-0.4, -0.2) is 24.7 Å². The average Bonchev–Trinajstić information content (AvgIpc) is 3.12. The van der Waals surface area contributed by atoms with E-state index in [9.17, 15) is 14.0 Å². The first-order chi connectivity index (χ1) is 15.8. The van der Waals surface area contributed by atoms with Gasteiger partial charge in [0, 0.05) is 11.5 Å². The molecule has 0 aromatic heterocycles. The number of nitrogens with one attached hydrogen (secondary N) is 1. The fourth-order valence-electron chi connectivity index (χ4n) is 7.83. The molecule has 0 spiro atoms. The van der Waals surface area contributed by atoms with Gasteiger partial charge < -0.3 is 14.8 Å². The van der Waals surface area contributed by atoms with Crippen LogP contribution in [0.1, 0.15) is 58.8 Å². The van der Waals surface area contributed by atoms with Crippen molar-refractivity contribution in [2.75, 3.05) is 6.61 Å². The second-order valence-electron chi connectivity index (χ2n) is 11.0. The number of rotatable bonds is 4. The second-order valence-corrected chi connectivity index (χ2v) is 11.0. The van der Waals surface area contributed by atoms with Gasteiger partial charge >= 0.3 is 6.16 Å². The highest BCUT2D eigenvalue weighted by Crippen LogP contribution is 2.65. The van der Waals surface area contributed by atoms with Gasteiger partial charge in [-0.25, -0.2) is 9.18 Å². The van der Waals surface area contributed by atoms with Gasteiger partial charge in [0.2, 0.25) is 5.91 Å². The number of hydrogen-bond donors (Lipinski definition) is 1. The van der Waals surface area contributed by atoms with Crippen LogP contribution in [0, 0.1) is 40.3 Å². The van der Waals surface area contributed by atoms with Crippen molar-refractivity contribution in [2.24, 2.45) is 34.5 Å². The lowest BCUT2D eigenvalue weighted by Gasteiger charge is -2.59. The molecular weight excluding hydrogens is 421 g/mol. The zero-order valence-electron chi connectivity index (χ0n) is 19.5. The van der Waals surface area contributed by atoms with E-state index in [1.54, 1.807) is 6.08 Å². The smallest absolute Gasteiger partial charge is 0.434 e. The first-order valence-corrected chi connectivity index (χ1v) is 12.4. The number of amides is 1. The van der Waals surface area contributed by atoms with E-state index in [-0.39, 0.29) is 34.3 Å². The first kappa shape index (κ1) is 22.4. The van der Waals surface area contributed by atoms with Crippen LogP contribution in [0.2, 0.25) is 0 Å². The van der Waals surface area contributed by atoms with Gasteiger partial charge in [-0.2, -0.15) is 0 Å². The van der Waals surface area contributed by atoms with Crippen LogP contribution in [0.4, 0.5) is 9.18 Å². The number of hydrogen-bond acceptors (Lipinski definition) is 4.